The summed E-state index contributed by atoms with van der Waals surface area (Å²) in [6.07, 6.45) is 2.01. The summed E-state index contributed by atoms with van der Waals surface area (Å²) in [6, 6.07) is 15.2. The number of carbonyl (C=O) groups is 3. The van der Waals surface area contributed by atoms with Gasteiger partial charge in [0.15, 0.2) is 6.61 Å². The number of ketones is 1. The minimum Gasteiger partial charge on any atom is -0.465 e. The lowest BCUT2D eigenvalue weighted by atomic mass is 10.1. The van der Waals surface area contributed by atoms with Gasteiger partial charge in [-0.25, -0.2) is 9.59 Å². The van der Waals surface area contributed by atoms with Gasteiger partial charge in [0, 0.05) is 29.2 Å². The molecule has 1 aromatic heterocycles. The fraction of sp³-hybridized carbons (Fsp3) is 0.182. The van der Waals surface area contributed by atoms with Crippen molar-refractivity contribution >= 4 is 28.6 Å². The number of nitriles is 1. The van der Waals surface area contributed by atoms with Gasteiger partial charge in [-0.05, 0) is 30.3 Å². The SMILES string of the molecule is COC(=O)c1ccc(C(=O)OCC(=O)c2cn(CCC#N)c3ccccc23)cc1. The summed E-state index contributed by atoms with van der Waals surface area (Å²) in [5.41, 5.74) is 1.82. The average Bonchev–Trinajstić information content (AvgIpc) is 3.14. The molecule has 0 spiro atoms. The Morgan fingerprint density at radius 1 is 1.00 bits per heavy atom. The highest BCUT2D eigenvalue weighted by Crippen LogP contribution is 2.22. The van der Waals surface area contributed by atoms with Crippen molar-refractivity contribution in [3.8, 4) is 6.07 Å². The molecule has 0 atom stereocenters. The lowest BCUT2D eigenvalue weighted by Gasteiger charge is -2.05. The molecule has 0 aliphatic carbocycles. The average molecular weight is 390 g/mol. The van der Waals surface area contributed by atoms with E-state index in [1.54, 1.807) is 6.20 Å². The molecule has 0 aliphatic heterocycles. The van der Waals surface area contributed by atoms with Gasteiger partial charge in [-0.3, -0.25) is 4.79 Å². The maximum Gasteiger partial charge on any atom is 0.338 e. The highest BCUT2D eigenvalue weighted by molar-refractivity contribution is 6.09. The number of hydrogen-bond acceptors (Lipinski definition) is 6. The predicted octanol–water partition coefficient (Wildman–Crippen LogP) is 3.38. The molecule has 0 saturated heterocycles. The quantitative estimate of drug-likeness (QED) is 0.453. The monoisotopic (exact) mass is 390 g/mol. The Morgan fingerprint density at radius 3 is 2.31 bits per heavy atom. The van der Waals surface area contributed by atoms with Crippen molar-refractivity contribution in [2.45, 2.75) is 13.0 Å². The van der Waals surface area contributed by atoms with Crippen molar-refractivity contribution < 1.29 is 23.9 Å². The fourth-order valence-electron chi connectivity index (χ4n) is 2.98. The van der Waals surface area contributed by atoms with E-state index < -0.39 is 18.5 Å². The molecule has 7 nitrogen and oxygen atoms in total. The number of nitrogens with zero attached hydrogens (tertiary/aromatic N) is 2. The zero-order valence-electron chi connectivity index (χ0n) is 15.8. The first-order chi connectivity index (χ1) is 14.0. The molecule has 0 N–H and O–H groups in total. The second-order valence-electron chi connectivity index (χ2n) is 6.23. The molecule has 3 rings (SSSR count). The minimum absolute atomic E-state index is 0.224. The van der Waals surface area contributed by atoms with Crippen LogP contribution in [0.25, 0.3) is 10.9 Å². The zero-order chi connectivity index (χ0) is 20.8. The van der Waals surface area contributed by atoms with Gasteiger partial charge in [-0.15, -0.1) is 0 Å². The third-order valence-corrected chi connectivity index (χ3v) is 4.43. The molecular weight excluding hydrogens is 372 g/mol. The van der Waals surface area contributed by atoms with Crippen molar-refractivity contribution in [1.82, 2.24) is 4.57 Å². The molecule has 29 heavy (non-hydrogen) atoms. The van der Waals surface area contributed by atoms with Crippen LogP contribution in [0, 0.1) is 11.3 Å². The summed E-state index contributed by atoms with van der Waals surface area (Å²) in [5, 5.41) is 9.56. The Bertz CT molecular complexity index is 1110. The van der Waals surface area contributed by atoms with E-state index in [9.17, 15) is 14.4 Å². The summed E-state index contributed by atoms with van der Waals surface area (Å²) in [4.78, 5) is 36.3. The zero-order valence-corrected chi connectivity index (χ0v) is 15.8. The van der Waals surface area contributed by atoms with Crippen LogP contribution in [-0.2, 0) is 16.0 Å². The van der Waals surface area contributed by atoms with E-state index in [1.807, 2.05) is 28.8 Å². The van der Waals surface area contributed by atoms with E-state index in [0.717, 1.165) is 10.9 Å². The fourth-order valence-corrected chi connectivity index (χ4v) is 2.98. The highest BCUT2D eigenvalue weighted by Gasteiger charge is 2.17. The molecule has 0 bridgehead atoms. The van der Waals surface area contributed by atoms with Gasteiger partial charge in [0.05, 0.1) is 30.7 Å². The van der Waals surface area contributed by atoms with Crippen LogP contribution in [0.2, 0.25) is 0 Å². The number of Topliss-reactive ketones (excluding diaryl/α,β-unsaturated/α-hetero) is 1. The van der Waals surface area contributed by atoms with Crippen LogP contribution < -0.4 is 0 Å². The van der Waals surface area contributed by atoms with Crippen LogP contribution in [-0.4, -0.2) is 36.0 Å². The molecule has 0 fully saturated rings. The number of para-hydroxylation sites is 1. The number of benzene rings is 2. The summed E-state index contributed by atoms with van der Waals surface area (Å²) >= 11 is 0. The molecule has 7 heteroatoms. The first kappa shape index (κ1) is 19.8. The molecule has 3 aromatic rings. The van der Waals surface area contributed by atoms with Crippen LogP contribution in [0.4, 0.5) is 0 Å². The summed E-state index contributed by atoms with van der Waals surface area (Å²) in [7, 11) is 1.27. The third-order valence-electron chi connectivity index (χ3n) is 4.43. The minimum atomic E-state index is -0.664. The van der Waals surface area contributed by atoms with E-state index in [-0.39, 0.29) is 11.3 Å². The highest BCUT2D eigenvalue weighted by atomic mass is 16.5. The van der Waals surface area contributed by atoms with Crippen molar-refractivity contribution in [1.29, 1.82) is 5.26 Å². The van der Waals surface area contributed by atoms with E-state index in [0.29, 0.717) is 24.1 Å². The second kappa shape index (κ2) is 8.85. The van der Waals surface area contributed by atoms with Gasteiger partial charge in [-0.1, -0.05) is 18.2 Å². The van der Waals surface area contributed by atoms with Crippen LogP contribution in [0.15, 0.2) is 54.7 Å². The first-order valence-electron chi connectivity index (χ1n) is 8.88. The van der Waals surface area contributed by atoms with E-state index in [2.05, 4.69) is 10.8 Å². The Morgan fingerprint density at radius 2 is 1.66 bits per heavy atom. The van der Waals surface area contributed by atoms with Gasteiger partial charge in [0.1, 0.15) is 0 Å². The first-order valence-corrected chi connectivity index (χ1v) is 8.88. The molecule has 2 aromatic carbocycles. The number of hydrogen-bond donors (Lipinski definition) is 0. The molecular formula is C22H18N2O5. The maximum absolute atomic E-state index is 12.6. The number of carbonyl (C=O) groups excluding carboxylic acids is 3. The topological polar surface area (TPSA) is 98.4 Å². The summed E-state index contributed by atoms with van der Waals surface area (Å²) < 4.78 is 11.6. The van der Waals surface area contributed by atoms with Crippen molar-refractivity contribution in [2.24, 2.45) is 0 Å². The van der Waals surface area contributed by atoms with Crippen LogP contribution in [0.5, 0.6) is 0 Å². The van der Waals surface area contributed by atoms with Crippen molar-refractivity contribution in [3.63, 3.8) is 0 Å². The van der Waals surface area contributed by atoms with E-state index >= 15 is 0 Å². The van der Waals surface area contributed by atoms with Gasteiger partial charge in [0.2, 0.25) is 5.78 Å². The van der Waals surface area contributed by atoms with Crippen molar-refractivity contribution in [3.05, 3.63) is 71.4 Å². The van der Waals surface area contributed by atoms with Crippen LogP contribution in [0.1, 0.15) is 37.5 Å². The molecule has 0 unspecified atom stereocenters. The van der Waals surface area contributed by atoms with Crippen molar-refractivity contribution in [2.75, 3.05) is 13.7 Å². The molecule has 0 saturated carbocycles. The van der Waals surface area contributed by atoms with Gasteiger partial charge < -0.3 is 14.0 Å². The van der Waals surface area contributed by atoms with Gasteiger partial charge in [0.25, 0.3) is 0 Å². The number of ether oxygens (including phenoxy) is 2. The number of fused-ring (bicyclic) bond motifs is 1. The predicted molar refractivity (Wildman–Crippen MR) is 105 cm³/mol. The summed E-state index contributed by atoms with van der Waals surface area (Å²) in [6.45, 7) is 0.0560. The van der Waals surface area contributed by atoms with Crippen LogP contribution in [0.3, 0.4) is 0 Å². The Labute approximate surface area is 167 Å². The number of rotatable bonds is 7. The normalized spacial score (nSPS) is 10.3. The van der Waals surface area contributed by atoms with E-state index in [1.165, 1.54) is 31.4 Å². The molecule has 1 heterocycles. The number of esters is 2. The number of methoxy groups -OCH3 is 1. The molecule has 0 amide bonds. The second-order valence-corrected chi connectivity index (χ2v) is 6.23. The lowest BCUT2D eigenvalue weighted by molar-refractivity contribution is 0.0474. The Kier molecular flexibility index (Phi) is 6.05. The largest absolute Gasteiger partial charge is 0.465 e. The van der Waals surface area contributed by atoms with E-state index in [4.69, 9.17) is 10.00 Å². The molecule has 0 aliphatic rings. The van der Waals surface area contributed by atoms with Gasteiger partial charge >= 0.3 is 11.9 Å². The smallest absolute Gasteiger partial charge is 0.338 e. The van der Waals surface area contributed by atoms with Crippen LogP contribution >= 0.6 is 0 Å². The van der Waals surface area contributed by atoms with Gasteiger partial charge in [-0.2, -0.15) is 5.26 Å². The molecule has 146 valence electrons. The Hall–Kier alpha value is -3.92. The lowest BCUT2D eigenvalue weighted by Crippen LogP contribution is -2.14. The standard InChI is InChI=1S/C22H18N2O5/c1-28-21(26)15-7-9-16(10-8-15)22(27)29-14-20(25)18-13-24(12-4-11-23)19-6-3-2-5-17(18)19/h2-3,5-10,13H,4,12,14H2,1H3. The third kappa shape index (κ3) is 4.33. The maximum atomic E-state index is 12.6. The Balaban J connectivity index is 1.71. The number of aryl methyl sites for hydroxylation is 1. The number of aromatic nitrogens is 1. The molecule has 0 radical (unpaired) electrons. The summed E-state index contributed by atoms with van der Waals surface area (Å²) in [5.74, 6) is -1.51.